The molecule has 0 atom stereocenters. The maximum atomic E-state index is 12.6. The second kappa shape index (κ2) is 5.03. The van der Waals surface area contributed by atoms with E-state index in [1.807, 2.05) is 0 Å². The molecule has 3 nitrogen and oxygen atoms in total. The molecule has 0 spiro atoms. The van der Waals surface area contributed by atoms with Crippen molar-refractivity contribution in [2.45, 2.75) is 20.0 Å². The van der Waals surface area contributed by atoms with Crippen LogP contribution < -0.4 is 10.5 Å². The molecule has 0 aliphatic rings. The molecule has 0 aliphatic carbocycles. The summed E-state index contributed by atoms with van der Waals surface area (Å²) in [5, 5.41) is 0. The van der Waals surface area contributed by atoms with Gasteiger partial charge in [0.05, 0.1) is 11.1 Å². The van der Waals surface area contributed by atoms with E-state index in [1.165, 1.54) is 0 Å². The largest absolute Gasteiger partial charge is 0.433 e. The van der Waals surface area contributed by atoms with Gasteiger partial charge >= 0.3 is 6.61 Å². The van der Waals surface area contributed by atoms with Gasteiger partial charge in [0.25, 0.3) is 6.43 Å². The summed E-state index contributed by atoms with van der Waals surface area (Å²) in [5.74, 6) is -1.58. The molecule has 0 amide bonds. The van der Waals surface area contributed by atoms with E-state index in [2.05, 4.69) is 4.74 Å². The second-order valence-electron chi connectivity index (χ2n) is 3.18. The number of Topliss-reactive ketones (excluding diaryl/α,β-unsaturated/α-hetero) is 1. The zero-order chi connectivity index (χ0) is 13.2. The highest BCUT2D eigenvalue weighted by atomic mass is 19.3. The summed E-state index contributed by atoms with van der Waals surface area (Å²) in [6.07, 6.45) is -3.04. The minimum absolute atomic E-state index is 0.183. The van der Waals surface area contributed by atoms with Gasteiger partial charge in [-0.2, -0.15) is 8.78 Å². The lowest BCUT2D eigenvalue weighted by molar-refractivity contribution is -0.0522. The van der Waals surface area contributed by atoms with Gasteiger partial charge in [0, 0.05) is 5.69 Å². The second-order valence-corrected chi connectivity index (χ2v) is 3.18. The molecule has 0 unspecified atom stereocenters. The Bertz CT molecular complexity index is 435. The highest BCUT2D eigenvalue weighted by Crippen LogP contribution is 2.36. The Balaban J connectivity index is 3.44. The summed E-state index contributed by atoms with van der Waals surface area (Å²) in [5.41, 5.74) is 3.95. The van der Waals surface area contributed by atoms with Gasteiger partial charge in [0.1, 0.15) is 5.75 Å². The van der Waals surface area contributed by atoms with Crippen LogP contribution in [-0.2, 0) is 0 Å². The average molecular weight is 251 g/mol. The van der Waals surface area contributed by atoms with Gasteiger partial charge in [-0.25, -0.2) is 8.78 Å². The summed E-state index contributed by atoms with van der Waals surface area (Å²) >= 11 is 0. The van der Waals surface area contributed by atoms with E-state index in [0.717, 1.165) is 19.1 Å². The quantitative estimate of drug-likeness (QED) is 0.508. The lowest BCUT2D eigenvalue weighted by Crippen LogP contribution is -2.11. The molecule has 0 saturated carbocycles. The number of hydrogen-bond donors (Lipinski definition) is 1. The van der Waals surface area contributed by atoms with Gasteiger partial charge in [-0.1, -0.05) is 0 Å². The molecule has 0 aliphatic heterocycles. The third-order valence-electron chi connectivity index (χ3n) is 2.01. The molecule has 94 valence electrons. The first-order chi connectivity index (χ1) is 7.84. The number of carbonyl (C=O) groups is 1. The van der Waals surface area contributed by atoms with Crippen LogP contribution in [0.5, 0.6) is 5.75 Å². The van der Waals surface area contributed by atoms with E-state index in [-0.39, 0.29) is 5.69 Å². The fraction of sp³-hybridized carbons (Fsp3) is 0.300. The zero-order valence-corrected chi connectivity index (χ0v) is 8.72. The molecule has 0 aromatic heterocycles. The number of benzene rings is 1. The molecule has 0 radical (unpaired) electrons. The van der Waals surface area contributed by atoms with Crippen LogP contribution in [0.25, 0.3) is 0 Å². The van der Waals surface area contributed by atoms with Crippen LogP contribution in [0.15, 0.2) is 12.1 Å². The highest BCUT2D eigenvalue weighted by molar-refractivity contribution is 6.02. The number of rotatable bonds is 4. The van der Waals surface area contributed by atoms with Crippen molar-refractivity contribution >= 4 is 11.5 Å². The topological polar surface area (TPSA) is 52.3 Å². The first-order valence-corrected chi connectivity index (χ1v) is 4.50. The molecule has 1 aromatic rings. The third kappa shape index (κ3) is 2.86. The number of alkyl halides is 4. The van der Waals surface area contributed by atoms with Gasteiger partial charge in [-0.05, 0) is 19.1 Å². The highest BCUT2D eigenvalue weighted by Gasteiger charge is 2.24. The van der Waals surface area contributed by atoms with Gasteiger partial charge < -0.3 is 10.5 Å². The minimum Gasteiger partial charge on any atom is -0.433 e. The lowest BCUT2D eigenvalue weighted by atomic mass is 10.0. The average Bonchev–Trinajstić information content (AvgIpc) is 2.15. The van der Waals surface area contributed by atoms with Crippen LogP contribution in [0.3, 0.4) is 0 Å². The van der Waals surface area contributed by atoms with Gasteiger partial charge in [0.15, 0.2) is 5.78 Å². The molecule has 17 heavy (non-hydrogen) atoms. The van der Waals surface area contributed by atoms with E-state index in [0.29, 0.717) is 0 Å². The molecule has 0 saturated heterocycles. The SMILES string of the molecule is CC(=O)c1c(N)ccc(C(F)F)c1OC(F)F. The van der Waals surface area contributed by atoms with E-state index < -0.39 is 35.7 Å². The maximum absolute atomic E-state index is 12.6. The molecule has 0 heterocycles. The van der Waals surface area contributed by atoms with Crippen molar-refractivity contribution in [3.8, 4) is 5.75 Å². The molecular weight excluding hydrogens is 242 g/mol. The normalized spacial score (nSPS) is 11.0. The molecule has 7 heteroatoms. The molecule has 1 rings (SSSR count). The van der Waals surface area contributed by atoms with Crippen LogP contribution >= 0.6 is 0 Å². The molecule has 1 aromatic carbocycles. The van der Waals surface area contributed by atoms with Crippen molar-refractivity contribution in [1.82, 2.24) is 0 Å². The van der Waals surface area contributed by atoms with Gasteiger partial charge in [0.2, 0.25) is 0 Å². The Labute approximate surface area is 94.2 Å². The molecule has 2 N–H and O–H groups in total. The smallest absolute Gasteiger partial charge is 0.387 e. The van der Waals surface area contributed by atoms with Crippen molar-refractivity contribution in [2.24, 2.45) is 0 Å². The lowest BCUT2D eigenvalue weighted by Gasteiger charge is -2.15. The fourth-order valence-corrected chi connectivity index (χ4v) is 1.37. The van der Waals surface area contributed by atoms with Crippen LogP contribution in [0, 0.1) is 0 Å². The Hall–Kier alpha value is -1.79. The molecule has 0 bridgehead atoms. The number of ether oxygens (including phenoxy) is 1. The summed E-state index contributed by atoms with van der Waals surface area (Å²) in [7, 11) is 0. The number of nitrogen functional groups attached to an aromatic ring is 1. The van der Waals surface area contributed by atoms with Crippen molar-refractivity contribution in [1.29, 1.82) is 0 Å². The van der Waals surface area contributed by atoms with Crippen molar-refractivity contribution in [3.63, 3.8) is 0 Å². The maximum Gasteiger partial charge on any atom is 0.387 e. The van der Waals surface area contributed by atoms with Crippen molar-refractivity contribution in [2.75, 3.05) is 5.73 Å². The predicted octanol–water partition coefficient (Wildman–Crippen LogP) is 3.01. The van der Waals surface area contributed by atoms with E-state index in [4.69, 9.17) is 5.73 Å². The zero-order valence-electron chi connectivity index (χ0n) is 8.72. The number of anilines is 1. The summed E-state index contributed by atoms with van der Waals surface area (Å²) in [4.78, 5) is 11.2. The van der Waals surface area contributed by atoms with Crippen LogP contribution in [0.4, 0.5) is 23.2 Å². The minimum atomic E-state index is -3.31. The summed E-state index contributed by atoms with van der Waals surface area (Å²) in [6, 6.07) is 1.90. The van der Waals surface area contributed by atoms with Crippen molar-refractivity contribution < 1.29 is 27.1 Å². The van der Waals surface area contributed by atoms with Crippen molar-refractivity contribution in [3.05, 3.63) is 23.3 Å². The molecular formula is C10H9F4NO2. The Kier molecular flexibility index (Phi) is 3.93. The number of hydrogen-bond acceptors (Lipinski definition) is 3. The number of ketones is 1. The van der Waals surface area contributed by atoms with Crippen LogP contribution in [0.1, 0.15) is 29.3 Å². The van der Waals surface area contributed by atoms with Gasteiger partial charge in [-0.3, -0.25) is 4.79 Å². The number of nitrogens with two attached hydrogens (primary N) is 1. The predicted molar refractivity (Wildman–Crippen MR) is 52.4 cm³/mol. The monoisotopic (exact) mass is 251 g/mol. The first kappa shape index (κ1) is 13.3. The Morgan fingerprint density at radius 3 is 2.29 bits per heavy atom. The van der Waals surface area contributed by atoms with Gasteiger partial charge in [-0.15, -0.1) is 0 Å². The Morgan fingerprint density at radius 2 is 1.88 bits per heavy atom. The summed E-state index contributed by atoms with van der Waals surface area (Å²) in [6.45, 7) is -2.29. The fourth-order valence-electron chi connectivity index (χ4n) is 1.37. The third-order valence-corrected chi connectivity index (χ3v) is 2.01. The Morgan fingerprint density at radius 1 is 1.29 bits per heavy atom. The summed E-state index contributed by atoms with van der Waals surface area (Å²) < 4.78 is 53.4. The number of carbonyl (C=O) groups excluding carboxylic acids is 1. The van der Waals surface area contributed by atoms with E-state index in [9.17, 15) is 22.4 Å². The molecule has 0 fully saturated rings. The van der Waals surface area contributed by atoms with Crippen LogP contribution in [0.2, 0.25) is 0 Å². The van der Waals surface area contributed by atoms with Crippen LogP contribution in [-0.4, -0.2) is 12.4 Å². The van der Waals surface area contributed by atoms with E-state index in [1.54, 1.807) is 0 Å². The standard InChI is InChI=1S/C10H9F4NO2/c1-4(16)7-6(15)3-2-5(9(11)12)8(7)17-10(13)14/h2-3,9-10H,15H2,1H3. The van der Waals surface area contributed by atoms with E-state index >= 15 is 0 Å². The first-order valence-electron chi connectivity index (χ1n) is 4.50. The number of halogens is 4.